The highest BCUT2D eigenvalue weighted by Crippen LogP contribution is 2.30. The molecule has 1 aromatic heterocycles. The number of benzene rings is 1. The molecule has 2 rings (SSSR count). The molecule has 0 N–H and O–H groups in total. The van der Waals surface area contributed by atoms with E-state index in [1.54, 1.807) is 13.0 Å². The van der Waals surface area contributed by atoms with E-state index in [4.69, 9.17) is 16.3 Å². The minimum atomic E-state index is -0.395. The molecule has 3 nitrogen and oxygen atoms in total. The molecular weight excluding hydrogens is 305 g/mol. The maximum atomic E-state index is 11.7. The van der Waals surface area contributed by atoms with Crippen molar-refractivity contribution in [3.05, 3.63) is 39.5 Å². The van der Waals surface area contributed by atoms with Gasteiger partial charge in [0, 0.05) is 16.1 Å². The number of nitrogens with zero attached hydrogens (tertiary/aromatic N) is 1. The average Bonchev–Trinajstić information content (AvgIpc) is 2.31. The summed E-state index contributed by atoms with van der Waals surface area (Å²) in [6.07, 6.45) is 1.47. The van der Waals surface area contributed by atoms with Crippen molar-refractivity contribution in [2.24, 2.45) is 0 Å². The van der Waals surface area contributed by atoms with Gasteiger partial charge in [-0.1, -0.05) is 23.7 Å². The van der Waals surface area contributed by atoms with Gasteiger partial charge in [-0.15, -0.1) is 0 Å². The van der Waals surface area contributed by atoms with Crippen molar-refractivity contribution in [3.63, 3.8) is 0 Å². The molecule has 1 aromatic carbocycles. The molecule has 0 aliphatic rings. The average molecular weight is 315 g/mol. The predicted octanol–water partition coefficient (Wildman–Crippen LogP) is 3.83. The van der Waals surface area contributed by atoms with Gasteiger partial charge in [-0.2, -0.15) is 0 Å². The van der Waals surface area contributed by atoms with Crippen LogP contribution in [0, 0.1) is 0 Å². The summed E-state index contributed by atoms with van der Waals surface area (Å²) in [6, 6.07) is 5.42. The lowest BCUT2D eigenvalue weighted by molar-refractivity contribution is 0.0525. The van der Waals surface area contributed by atoms with Crippen molar-refractivity contribution in [2.75, 3.05) is 6.61 Å². The molecule has 88 valence electrons. The molecule has 0 bridgehead atoms. The van der Waals surface area contributed by atoms with Crippen LogP contribution in [0.1, 0.15) is 17.3 Å². The van der Waals surface area contributed by atoms with Crippen LogP contribution in [0.5, 0.6) is 0 Å². The first-order chi connectivity index (χ1) is 8.15. The Morgan fingerprint density at radius 1 is 1.53 bits per heavy atom. The van der Waals surface area contributed by atoms with Crippen LogP contribution in [0.2, 0.25) is 5.02 Å². The Morgan fingerprint density at radius 2 is 2.29 bits per heavy atom. The molecule has 0 fully saturated rings. The largest absolute Gasteiger partial charge is 0.462 e. The highest BCUT2D eigenvalue weighted by Gasteiger charge is 2.15. The third-order valence-corrected chi connectivity index (χ3v) is 3.44. The first kappa shape index (κ1) is 12.3. The van der Waals surface area contributed by atoms with Gasteiger partial charge in [0.15, 0.2) is 0 Å². The second kappa shape index (κ2) is 5.02. The Bertz CT molecular complexity index is 586. The third-order valence-electron chi connectivity index (χ3n) is 2.28. The molecule has 0 spiro atoms. The summed E-state index contributed by atoms with van der Waals surface area (Å²) in [6.45, 7) is 2.09. The molecule has 0 saturated heterocycles. The Labute approximate surface area is 112 Å². The first-order valence-corrected chi connectivity index (χ1v) is 6.22. The summed E-state index contributed by atoms with van der Waals surface area (Å²) in [5.41, 5.74) is 1.07. The van der Waals surface area contributed by atoms with Crippen LogP contribution in [0.3, 0.4) is 0 Å². The molecule has 0 unspecified atom stereocenters. The van der Waals surface area contributed by atoms with Gasteiger partial charge < -0.3 is 4.74 Å². The third kappa shape index (κ3) is 2.28. The molecule has 2 aromatic rings. The van der Waals surface area contributed by atoms with Gasteiger partial charge in [-0.05, 0) is 28.9 Å². The van der Waals surface area contributed by atoms with E-state index in [-0.39, 0.29) is 0 Å². The van der Waals surface area contributed by atoms with E-state index in [1.165, 1.54) is 6.20 Å². The molecule has 1 heterocycles. The fourth-order valence-electron chi connectivity index (χ4n) is 1.51. The lowest BCUT2D eigenvalue weighted by Crippen LogP contribution is -2.06. The molecule has 0 atom stereocenters. The van der Waals surface area contributed by atoms with Crippen molar-refractivity contribution in [2.45, 2.75) is 6.92 Å². The topological polar surface area (TPSA) is 39.2 Å². The zero-order valence-electron chi connectivity index (χ0n) is 9.04. The first-order valence-electron chi connectivity index (χ1n) is 5.05. The highest BCUT2D eigenvalue weighted by atomic mass is 79.9. The maximum absolute atomic E-state index is 11.7. The minimum absolute atomic E-state index is 0.332. The van der Waals surface area contributed by atoms with Gasteiger partial charge >= 0.3 is 5.97 Å². The zero-order chi connectivity index (χ0) is 12.4. The van der Waals surface area contributed by atoms with E-state index < -0.39 is 5.97 Å². The normalized spacial score (nSPS) is 10.5. The molecule has 5 heteroatoms. The molecule has 0 amide bonds. The summed E-state index contributed by atoms with van der Waals surface area (Å²) < 4.78 is 5.60. The van der Waals surface area contributed by atoms with Crippen LogP contribution in [0.25, 0.3) is 10.9 Å². The minimum Gasteiger partial charge on any atom is -0.462 e. The quantitative estimate of drug-likeness (QED) is 0.791. The van der Waals surface area contributed by atoms with Crippen LogP contribution in [0.4, 0.5) is 0 Å². The van der Waals surface area contributed by atoms with Crippen molar-refractivity contribution >= 4 is 44.4 Å². The number of rotatable bonds is 2. The van der Waals surface area contributed by atoms with Crippen molar-refractivity contribution in [3.8, 4) is 0 Å². The number of para-hydroxylation sites is 1. The van der Waals surface area contributed by atoms with E-state index in [2.05, 4.69) is 20.9 Å². The number of carbonyl (C=O) groups excluding carboxylic acids is 1. The fraction of sp³-hybridized carbons (Fsp3) is 0.167. The van der Waals surface area contributed by atoms with E-state index in [9.17, 15) is 4.79 Å². The van der Waals surface area contributed by atoms with Crippen LogP contribution >= 0.6 is 27.5 Å². The molecule has 0 radical (unpaired) electrons. The summed E-state index contributed by atoms with van der Waals surface area (Å²) in [4.78, 5) is 15.9. The van der Waals surface area contributed by atoms with Crippen molar-refractivity contribution in [1.82, 2.24) is 4.98 Å². The molecule has 0 aliphatic carbocycles. The highest BCUT2D eigenvalue weighted by molar-refractivity contribution is 9.10. The van der Waals surface area contributed by atoms with Crippen LogP contribution in [-0.4, -0.2) is 17.6 Å². The standard InChI is InChI=1S/C12H9BrClNO2/c1-2-17-12(16)8-6-15-11-7(10(8)13)4-3-5-9(11)14/h3-6H,2H2,1H3. The van der Waals surface area contributed by atoms with Crippen LogP contribution in [0.15, 0.2) is 28.9 Å². The molecular formula is C12H9BrClNO2. The Balaban J connectivity index is 2.62. The predicted molar refractivity (Wildman–Crippen MR) is 70.4 cm³/mol. The summed E-state index contributed by atoms with van der Waals surface area (Å²) >= 11 is 9.41. The number of aromatic nitrogens is 1. The Hall–Kier alpha value is -1.13. The fourth-order valence-corrected chi connectivity index (χ4v) is 2.31. The van der Waals surface area contributed by atoms with E-state index in [0.29, 0.717) is 27.2 Å². The number of hydrogen-bond donors (Lipinski definition) is 0. The number of fused-ring (bicyclic) bond motifs is 1. The molecule has 0 saturated carbocycles. The monoisotopic (exact) mass is 313 g/mol. The van der Waals surface area contributed by atoms with Crippen molar-refractivity contribution in [1.29, 1.82) is 0 Å². The SMILES string of the molecule is CCOC(=O)c1cnc2c(Cl)cccc2c1Br. The summed E-state index contributed by atoms with van der Waals surface area (Å²) in [5, 5.41) is 1.35. The zero-order valence-corrected chi connectivity index (χ0v) is 11.4. The van der Waals surface area contributed by atoms with E-state index in [1.807, 2.05) is 12.1 Å². The van der Waals surface area contributed by atoms with Gasteiger partial charge in [-0.25, -0.2) is 4.79 Å². The van der Waals surface area contributed by atoms with E-state index >= 15 is 0 Å². The van der Waals surface area contributed by atoms with Gasteiger partial charge in [0.05, 0.1) is 22.7 Å². The van der Waals surface area contributed by atoms with Gasteiger partial charge in [0.2, 0.25) is 0 Å². The smallest absolute Gasteiger partial charge is 0.340 e. The Kier molecular flexibility index (Phi) is 3.64. The maximum Gasteiger partial charge on any atom is 0.340 e. The second-order valence-corrected chi connectivity index (χ2v) is 4.54. The molecule has 0 aliphatic heterocycles. The van der Waals surface area contributed by atoms with Gasteiger partial charge in [-0.3, -0.25) is 4.98 Å². The summed E-state index contributed by atoms with van der Waals surface area (Å²) in [5.74, 6) is -0.395. The summed E-state index contributed by atoms with van der Waals surface area (Å²) in [7, 11) is 0. The van der Waals surface area contributed by atoms with Gasteiger partial charge in [0.1, 0.15) is 0 Å². The van der Waals surface area contributed by atoms with Crippen LogP contribution in [-0.2, 0) is 4.74 Å². The lowest BCUT2D eigenvalue weighted by atomic mass is 10.1. The number of hydrogen-bond acceptors (Lipinski definition) is 3. The second-order valence-electron chi connectivity index (χ2n) is 3.34. The van der Waals surface area contributed by atoms with Crippen LogP contribution < -0.4 is 0 Å². The lowest BCUT2D eigenvalue weighted by Gasteiger charge is -2.07. The number of carbonyl (C=O) groups is 1. The Morgan fingerprint density at radius 3 is 3.00 bits per heavy atom. The number of ether oxygens (including phenoxy) is 1. The number of pyridine rings is 1. The van der Waals surface area contributed by atoms with Crippen molar-refractivity contribution < 1.29 is 9.53 Å². The van der Waals surface area contributed by atoms with E-state index in [0.717, 1.165) is 5.39 Å². The number of esters is 1. The molecule has 17 heavy (non-hydrogen) atoms. The van der Waals surface area contributed by atoms with Gasteiger partial charge in [0.25, 0.3) is 0 Å². The number of halogens is 2.